The molecule has 2 aromatic rings. The van der Waals surface area contributed by atoms with Gasteiger partial charge in [0.05, 0.1) is 11.0 Å². The van der Waals surface area contributed by atoms with Crippen molar-refractivity contribution in [2.24, 2.45) is 0 Å². The Kier molecular flexibility index (Phi) is 4.20. The number of hydrogen-bond donors (Lipinski definition) is 1. The van der Waals surface area contributed by atoms with E-state index in [4.69, 9.17) is 5.73 Å². The van der Waals surface area contributed by atoms with E-state index in [1.54, 1.807) is 11.0 Å². The summed E-state index contributed by atoms with van der Waals surface area (Å²) in [5.74, 6) is -0.191. The number of nitrogens with zero attached hydrogens (tertiary/aromatic N) is 2. The van der Waals surface area contributed by atoms with Gasteiger partial charge in [0.2, 0.25) is 0 Å². The van der Waals surface area contributed by atoms with Crippen molar-refractivity contribution in [1.29, 1.82) is 0 Å². The molecular weight excluding hydrogens is 306 g/mol. The predicted molar refractivity (Wildman–Crippen MR) is 91.7 cm³/mol. The van der Waals surface area contributed by atoms with E-state index in [1.165, 1.54) is 12.1 Å². The van der Waals surface area contributed by atoms with Crippen molar-refractivity contribution in [2.45, 2.75) is 25.8 Å². The number of carbonyl (C=O) groups is 1. The number of aryl methyl sites for hydroxylation is 1. The lowest BCUT2D eigenvalue weighted by molar-refractivity contribution is -0.383. The lowest BCUT2D eigenvalue weighted by Crippen LogP contribution is -2.31. The number of hydrogen-bond acceptors (Lipinski definition) is 4. The normalized spacial score (nSPS) is 17.0. The fraction of sp³-hybridized carbons (Fsp3) is 0.278. The van der Waals surface area contributed by atoms with Crippen molar-refractivity contribution in [3.63, 3.8) is 0 Å². The van der Waals surface area contributed by atoms with Crippen LogP contribution in [-0.2, 0) is 0 Å². The number of benzene rings is 2. The molecule has 0 saturated carbocycles. The van der Waals surface area contributed by atoms with Crippen LogP contribution in [0.1, 0.15) is 40.4 Å². The molecule has 2 aromatic carbocycles. The molecule has 3 rings (SSSR count). The van der Waals surface area contributed by atoms with Crippen LogP contribution in [0.3, 0.4) is 0 Å². The average molecular weight is 325 g/mol. The van der Waals surface area contributed by atoms with Crippen LogP contribution in [0.15, 0.2) is 42.5 Å². The van der Waals surface area contributed by atoms with E-state index in [0.29, 0.717) is 12.1 Å². The maximum absolute atomic E-state index is 12.9. The van der Waals surface area contributed by atoms with Crippen LogP contribution >= 0.6 is 0 Å². The van der Waals surface area contributed by atoms with E-state index in [0.717, 1.165) is 24.0 Å². The molecule has 0 bridgehead atoms. The zero-order chi connectivity index (χ0) is 17.3. The molecule has 0 spiro atoms. The highest BCUT2D eigenvalue weighted by Crippen LogP contribution is 2.35. The molecule has 1 unspecified atom stereocenters. The smallest absolute Gasteiger partial charge is 0.292 e. The maximum atomic E-state index is 12.9. The standard InChI is InChI=1S/C18H19N3O3/c1-12-5-2-3-6-14(12)16-7-4-10-20(16)18(22)13-8-9-15(19)17(11-13)21(23)24/h2-3,5-6,8-9,11,16H,4,7,10,19H2,1H3. The Morgan fingerprint density at radius 1 is 1.29 bits per heavy atom. The lowest BCUT2D eigenvalue weighted by Gasteiger charge is -2.26. The Morgan fingerprint density at radius 2 is 2.04 bits per heavy atom. The molecule has 24 heavy (non-hydrogen) atoms. The Bertz CT molecular complexity index is 804. The van der Waals surface area contributed by atoms with Gasteiger partial charge >= 0.3 is 0 Å². The van der Waals surface area contributed by atoms with Crippen molar-refractivity contribution >= 4 is 17.3 Å². The molecule has 1 saturated heterocycles. The van der Waals surface area contributed by atoms with Gasteiger partial charge in [-0.15, -0.1) is 0 Å². The minimum atomic E-state index is -0.561. The molecule has 1 amide bonds. The zero-order valence-corrected chi connectivity index (χ0v) is 13.4. The van der Waals surface area contributed by atoms with Crippen molar-refractivity contribution in [3.05, 3.63) is 69.3 Å². The third-order valence-electron chi connectivity index (χ3n) is 4.54. The molecule has 6 nitrogen and oxygen atoms in total. The van der Waals surface area contributed by atoms with Crippen molar-refractivity contribution in [2.75, 3.05) is 12.3 Å². The van der Waals surface area contributed by atoms with Crippen LogP contribution in [0.2, 0.25) is 0 Å². The molecular formula is C18H19N3O3. The zero-order valence-electron chi connectivity index (χ0n) is 13.4. The van der Waals surface area contributed by atoms with E-state index in [2.05, 4.69) is 0 Å². The van der Waals surface area contributed by atoms with Crippen LogP contribution in [0.5, 0.6) is 0 Å². The molecule has 1 fully saturated rings. The van der Waals surface area contributed by atoms with E-state index in [1.807, 2.05) is 31.2 Å². The number of amides is 1. The Morgan fingerprint density at radius 3 is 2.75 bits per heavy atom. The molecule has 1 aliphatic rings. The molecule has 0 aliphatic carbocycles. The fourth-order valence-corrected chi connectivity index (χ4v) is 3.29. The maximum Gasteiger partial charge on any atom is 0.292 e. The third-order valence-corrected chi connectivity index (χ3v) is 4.54. The molecule has 124 valence electrons. The van der Waals surface area contributed by atoms with Crippen LogP contribution in [0.4, 0.5) is 11.4 Å². The van der Waals surface area contributed by atoms with Crippen LogP contribution in [0, 0.1) is 17.0 Å². The van der Waals surface area contributed by atoms with E-state index < -0.39 is 4.92 Å². The summed E-state index contributed by atoms with van der Waals surface area (Å²) >= 11 is 0. The first-order valence-corrected chi connectivity index (χ1v) is 7.89. The SMILES string of the molecule is Cc1ccccc1C1CCCN1C(=O)c1ccc(N)c([N+](=O)[O-])c1. The summed E-state index contributed by atoms with van der Waals surface area (Å²) in [7, 11) is 0. The molecule has 0 radical (unpaired) electrons. The van der Waals surface area contributed by atoms with Crippen molar-refractivity contribution < 1.29 is 9.72 Å². The van der Waals surface area contributed by atoms with Crippen LogP contribution in [-0.4, -0.2) is 22.3 Å². The van der Waals surface area contributed by atoms with Gasteiger partial charge in [0.1, 0.15) is 5.69 Å². The number of likely N-dealkylation sites (tertiary alicyclic amines) is 1. The van der Waals surface area contributed by atoms with Gasteiger partial charge in [-0.1, -0.05) is 24.3 Å². The Balaban J connectivity index is 1.93. The quantitative estimate of drug-likeness (QED) is 0.531. The van der Waals surface area contributed by atoms with Gasteiger partial charge in [0.15, 0.2) is 0 Å². The van der Waals surface area contributed by atoms with Gasteiger partial charge in [0.25, 0.3) is 11.6 Å². The van der Waals surface area contributed by atoms with Crippen molar-refractivity contribution in [3.8, 4) is 0 Å². The first-order valence-electron chi connectivity index (χ1n) is 7.89. The number of nitro benzene ring substituents is 1. The second-order valence-corrected chi connectivity index (χ2v) is 6.04. The van der Waals surface area contributed by atoms with Gasteiger partial charge in [-0.2, -0.15) is 0 Å². The predicted octanol–water partition coefficient (Wildman–Crippen LogP) is 3.46. The first kappa shape index (κ1) is 16.0. The fourth-order valence-electron chi connectivity index (χ4n) is 3.29. The first-order chi connectivity index (χ1) is 11.5. The summed E-state index contributed by atoms with van der Waals surface area (Å²) < 4.78 is 0. The van der Waals surface area contributed by atoms with Gasteiger partial charge in [-0.3, -0.25) is 14.9 Å². The van der Waals surface area contributed by atoms with Crippen LogP contribution < -0.4 is 5.73 Å². The Hall–Kier alpha value is -2.89. The second-order valence-electron chi connectivity index (χ2n) is 6.04. The summed E-state index contributed by atoms with van der Waals surface area (Å²) in [6.45, 7) is 2.68. The third kappa shape index (κ3) is 2.82. The minimum absolute atomic E-state index is 0.00955. The molecule has 2 N–H and O–H groups in total. The number of carbonyl (C=O) groups excluding carboxylic acids is 1. The van der Waals surface area contributed by atoms with Crippen LogP contribution in [0.25, 0.3) is 0 Å². The number of nitro groups is 1. The largest absolute Gasteiger partial charge is 0.393 e. The van der Waals surface area contributed by atoms with E-state index in [-0.39, 0.29) is 23.3 Å². The molecule has 1 aliphatic heterocycles. The Labute approximate surface area is 140 Å². The molecule has 6 heteroatoms. The molecule has 1 atom stereocenters. The van der Waals surface area contributed by atoms with Gasteiger partial charge in [0, 0.05) is 18.2 Å². The van der Waals surface area contributed by atoms with E-state index >= 15 is 0 Å². The van der Waals surface area contributed by atoms with Crippen molar-refractivity contribution in [1.82, 2.24) is 4.90 Å². The topological polar surface area (TPSA) is 89.5 Å². The minimum Gasteiger partial charge on any atom is -0.393 e. The number of anilines is 1. The van der Waals surface area contributed by atoms with E-state index in [9.17, 15) is 14.9 Å². The molecule has 1 heterocycles. The summed E-state index contributed by atoms with van der Waals surface area (Å²) in [5, 5.41) is 11.0. The second kappa shape index (κ2) is 6.31. The lowest BCUT2D eigenvalue weighted by atomic mass is 9.99. The average Bonchev–Trinajstić information content (AvgIpc) is 3.04. The summed E-state index contributed by atoms with van der Waals surface area (Å²) in [6, 6.07) is 12.3. The number of nitrogens with two attached hydrogens (primary N) is 1. The highest BCUT2D eigenvalue weighted by atomic mass is 16.6. The summed E-state index contributed by atoms with van der Waals surface area (Å²) in [5.41, 5.74) is 8.03. The monoisotopic (exact) mass is 325 g/mol. The van der Waals surface area contributed by atoms with Gasteiger partial charge in [-0.05, 0) is 43.0 Å². The molecule has 0 aromatic heterocycles. The number of rotatable bonds is 3. The highest BCUT2D eigenvalue weighted by molar-refractivity contribution is 5.96. The highest BCUT2D eigenvalue weighted by Gasteiger charge is 2.32. The number of nitrogen functional groups attached to an aromatic ring is 1. The summed E-state index contributed by atoms with van der Waals surface area (Å²) in [4.78, 5) is 25.2. The van der Waals surface area contributed by atoms with Gasteiger partial charge < -0.3 is 10.6 Å². The summed E-state index contributed by atoms with van der Waals surface area (Å²) in [6.07, 6.45) is 1.81. The van der Waals surface area contributed by atoms with Gasteiger partial charge in [-0.25, -0.2) is 0 Å².